The SMILES string of the molecule is Cc1c(C(=O)O)cc(CBr)cc1-c1ccccc1Cl. The first-order valence-electron chi connectivity index (χ1n) is 5.72. The Labute approximate surface area is 125 Å². The molecule has 0 aromatic heterocycles. The summed E-state index contributed by atoms with van der Waals surface area (Å²) in [6.45, 7) is 1.81. The van der Waals surface area contributed by atoms with E-state index in [1.165, 1.54) is 0 Å². The van der Waals surface area contributed by atoms with Gasteiger partial charge in [0.2, 0.25) is 0 Å². The fourth-order valence-corrected chi connectivity index (χ4v) is 2.59. The number of carbonyl (C=O) groups is 1. The van der Waals surface area contributed by atoms with Crippen molar-refractivity contribution in [3.8, 4) is 11.1 Å². The Morgan fingerprint density at radius 1 is 1.26 bits per heavy atom. The molecule has 0 fully saturated rings. The molecule has 0 aliphatic heterocycles. The molecule has 2 nitrogen and oxygen atoms in total. The molecule has 98 valence electrons. The van der Waals surface area contributed by atoms with Crippen molar-refractivity contribution >= 4 is 33.5 Å². The van der Waals surface area contributed by atoms with Crippen molar-refractivity contribution in [3.05, 3.63) is 58.1 Å². The van der Waals surface area contributed by atoms with Gasteiger partial charge in [-0.25, -0.2) is 4.79 Å². The normalized spacial score (nSPS) is 10.5. The Morgan fingerprint density at radius 3 is 2.53 bits per heavy atom. The summed E-state index contributed by atoms with van der Waals surface area (Å²) < 4.78 is 0. The van der Waals surface area contributed by atoms with Crippen LogP contribution in [-0.4, -0.2) is 11.1 Å². The van der Waals surface area contributed by atoms with E-state index in [9.17, 15) is 9.90 Å². The molecule has 0 aliphatic carbocycles. The third-order valence-corrected chi connectivity index (χ3v) is 3.99. The largest absolute Gasteiger partial charge is 0.478 e. The number of halogens is 2. The molecule has 0 atom stereocenters. The molecule has 0 heterocycles. The summed E-state index contributed by atoms with van der Waals surface area (Å²) in [5, 5.41) is 10.5. The van der Waals surface area contributed by atoms with Gasteiger partial charge in [-0.05, 0) is 41.8 Å². The maximum Gasteiger partial charge on any atom is 0.335 e. The first-order chi connectivity index (χ1) is 9.04. The van der Waals surface area contributed by atoms with Gasteiger partial charge in [0.1, 0.15) is 0 Å². The van der Waals surface area contributed by atoms with Crippen LogP contribution in [0, 0.1) is 6.92 Å². The highest BCUT2D eigenvalue weighted by Gasteiger charge is 2.15. The molecule has 0 saturated carbocycles. The van der Waals surface area contributed by atoms with E-state index in [1.807, 2.05) is 24.3 Å². The molecular formula is C15H12BrClO2. The second-order valence-electron chi connectivity index (χ2n) is 4.23. The van der Waals surface area contributed by atoms with Gasteiger partial charge in [-0.3, -0.25) is 0 Å². The van der Waals surface area contributed by atoms with Gasteiger partial charge in [-0.15, -0.1) is 0 Å². The zero-order valence-corrected chi connectivity index (χ0v) is 12.6. The van der Waals surface area contributed by atoms with E-state index < -0.39 is 5.97 Å². The second kappa shape index (κ2) is 5.76. The van der Waals surface area contributed by atoms with E-state index in [-0.39, 0.29) is 0 Å². The minimum Gasteiger partial charge on any atom is -0.478 e. The summed E-state index contributed by atoms with van der Waals surface area (Å²) >= 11 is 9.56. The Bertz CT molecular complexity index is 638. The van der Waals surface area contributed by atoms with Crippen molar-refractivity contribution in [2.75, 3.05) is 0 Å². The van der Waals surface area contributed by atoms with E-state index in [1.54, 1.807) is 19.1 Å². The van der Waals surface area contributed by atoms with Crippen molar-refractivity contribution in [2.45, 2.75) is 12.3 Å². The van der Waals surface area contributed by atoms with Gasteiger partial charge >= 0.3 is 5.97 Å². The van der Waals surface area contributed by atoms with Gasteiger partial charge in [0.25, 0.3) is 0 Å². The van der Waals surface area contributed by atoms with Crippen LogP contribution in [0.2, 0.25) is 5.02 Å². The van der Waals surface area contributed by atoms with Crippen LogP contribution in [0.3, 0.4) is 0 Å². The van der Waals surface area contributed by atoms with E-state index in [2.05, 4.69) is 15.9 Å². The van der Waals surface area contributed by atoms with Crippen molar-refractivity contribution < 1.29 is 9.90 Å². The van der Waals surface area contributed by atoms with Crippen LogP contribution in [0.1, 0.15) is 21.5 Å². The molecule has 2 rings (SSSR count). The first-order valence-corrected chi connectivity index (χ1v) is 7.22. The minimum atomic E-state index is -0.923. The summed E-state index contributed by atoms with van der Waals surface area (Å²) in [6, 6.07) is 11.1. The molecule has 0 spiro atoms. The average molecular weight is 340 g/mol. The fraction of sp³-hybridized carbons (Fsp3) is 0.133. The van der Waals surface area contributed by atoms with Crippen LogP contribution >= 0.6 is 27.5 Å². The first kappa shape index (κ1) is 14.1. The lowest BCUT2D eigenvalue weighted by atomic mass is 9.94. The van der Waals surface area contributed by atoms with Gasteiger partial charge in [-0.1, -0.05) is 45.7 Å². The predicted octanol–water partition coefficient (Wildman–Crippen LogP) is 4.91. The zero-order chi connectivity index (χ0) is 14.0. The second-order valence-corrected chi connectivity index (χ2v) is 5.20. The molecule has 4 heteroatoms. The third-order valence-electron chi connectivity index (χ3n) is 3.02. The molecule has 2 aromatic rings. The van der Waals surface area contributed by atoms with Crippen molar-refractivity contribution in [2.24, 2.45) is 0 Å². The quantitative estimate of drug-likeness (QED) is 0.807. The summed E-state index contributed by atoms with van der Waals surface area (Å²) in [5.41, 5.74) is 3.67. The molecule has 1 N–H and O–H groups in total. The van der Waals surface area contributed by atoms with E-state index >= 15 is 0 Å². The lowest BCUT2D eigenvalue weighted by Gasteiger charge is -2.12. The number of alkyl halides is 1. The molecule has 0 aliphatic rings. The molecule has 0 unspecified atom stereocenters. The summed E-state index contributed by atoms with van der Waals surface area (Å²) in [5.74, 6) is -0.923. The van der Waals surface area contributed by atoms with E-state index in [4.69, 9.17) is 11.6 Å². The number of hydrogen-bond acceptors (Lipinski definition) is 1. The third kappa shape index (κ3) is 2.82. The van der Waals surface area contributed by atoms with Gasteiger partial charge in [0, 0.05) is 15.9 Å². The Balaban J connectivity index is 2.73. The highest BCUT2D eigenvalue weighted by molar-refractivity contribution is 9.08. The van der Waals surface area contributed by atoms with Gasteiger partial charge in [0.05, 0.1) is 5.56 Å². The molecule has 0 amide bonds. The highest BCUT2D eigenvalue weighted by Crippen LogP contribution is 2.33. The van der Waals surface area contributed by atoms with Gasteiger partial charge < -0.3 is 5.11 Å². The number of carboxylic acids is 1. The smallest absolute Gasteiger partial charge is 0.335 e. The standard InChI is InChI=1S/C15H12BrClO2/c1-9-12(11-4-2-3-5-14(11)17)6-10(8-16)7-13(9)15(18)19/h2-7H,8H2,1H3,(H,18,19). The molecular weight excluding hydrogens is 328 g/mol. The van der Waals surface area contributed by atoms with Gasteiger partial charge in [-0.2, -0.15) is 0 Å². The molecule has 0 radical (unpaired) electrons. The molecule has 0 bridgehead atoms. The van der Waals surface area contributed by atoms with E-state index in [0.29, 0.717) is 15.9 Å². The fourth-order valence-electron chi connectivity index (χ4n) is 2.03. The lowest BCUT2D eigenvalue weighted by Crippen LogP contribution is -2.03. The van der Waals surface area contributed by atoms with Crippen LogP contribution in [0.25, 0.3) is 11.1 Å². The monoisotopic (exact) mass is 338 g/mol. The number of benzene rings is 2. The zero-order valence-electron chi connectivity index (χ0n) is 10.3. The maximum atomic E-state index is 11.3. The van der Waals surface area contributed by atoms with Crippen LogP contribution < -0.4 is 0 Å². The van der Waals surface area contributed by atoms with Crippen molar-refractivity contribution in [1.82, 2.24) is 0 Å². The topological polar surface area (TPSA) is 37.3 Å². The minimum absolute atomic E-state index is 0.312. The Hall–Kier alpha value is -1.32. The predicted molar refractivity (Wildman–Crippen MR) is 81.2 cm³/mol. The molecule has 19 heavy (non-hydrogen) atoms. The number of aromatic carboxylic acids is 1. The molecule has 2 aromatic carbocycles. The summed E-state index contributed by atoms with van der Waals surface area (Å²) in [6.07, 6.45) is 0. The van der Waals surface area contributed by atoms with Crippen LogP contribution in [0.15, 0.2) is 36.4 Å². The van der Waals surface area contributed by atoms with Crippen molar-refractivity contribution in [1.29, 1.82) is 0 Å². The Morgan fingerprint density at radius 2 is 1.95 bits per heavy atom. The van der Waals surface area contributed by atoms with E-state index in [0.717, 1.165) is 22.3 Å². The maximum absolute atomic E-state index is 11.3. The van der Waals surface area contributed by atoms with Crippen LogP contribution in [-0.2, 0) is 5.33 Å². The number of carboxylic acid groups (broad SMARTS) is 1. The number of rotatable bonds is 3. The summed E-state index contributed by atoms with van der Waals surface area (Å²) in [7, 11) is 0. The van der Waals surface area contributed by atoms with Crippen LogP contribution in [0.5, 0.6) is 0 Å². The lowest BCUT2D eigenvalue weighted by molar-refractivity contribution is 0.0696. The number of hydrogen-bond donors (Lipinski definition) is 1. The van der Waals surface area contributed by atoms with Crippen LogP contribution in [0.4, 0.5) is 0 Å². The average Bonchev–Trinajstić information content (AvgIpc) is 2.39. The van der Waals surface area contributed by atoms with Gasteiger partial charge in [0.15, 0.2) is 0 Å². The highest BCUT2D eigenvalue weighted by atomic mass is 79.9. The Kier molecular flexibility index (Phi) is 4.27. The summed E-state index contributed by atoms with van der Waals surface area (Å²) in [4.78, 5) is 11.3. The van der Waals surface area contributed by atoms with Crippen molar-refractivity contribution in [3.63, 3.8) is 0 Å². The molecule has 0 saturated heterocycles.